The van der Waals surface area contributed by atoms with Gasteiger partial charge >= 0.3 is 0 Å². The van der Waals surface area contributed by atoms with Crippen LogP contribution in [0.2, 0.25) is 0 Å². The minimum absolute atomic E-state index is 0.204. The first-order valence-electron chi connectivity index (χ1n) is 7.26. The largest absolute Gasteiger partial charge is 0.326 e. The van der Waals surface area contributed by atoms with Crippen LogP contribution in [0.3, 0.4) is 0 Å². The number of thioether (sulfide) groups is 1. The van der Waals surface area contributed by atoms with Crippen molar-refractivity contribution in [2.24, 2.45) is 0 Å². The molecule has 1 atom stereocenters. The van der Waals surface area contributed by atoms with Crippen LogP contribution in [-0.4, -0.2) is 48.6 Å². The first-order valence-corrected chi connectivity index (χ1v) is 8.31. The van der Waals surface area contributed by atoms with Gasteiger partial charge in [-0.25, -0.2) is 0 Å². The van der Waals surface area contributed by atoms with E-state index in [1.165, 1.54) is 11.1 Å². The first-order chi connectivity index (χ1) is 9.61. The summed E-state index contributed by atoms with van der Waals surface area (Å²) in [4.78, 5) is 16.3. The lowest BCUT2D eigenvalue weighted by atomic mass is 10.1. The summed E-state index contributed by atoms with van der Waals surface area (Å²) in [7, 11) is 4.14. The van der Waals surface area contributed by atoms with Crippen LogP contribution in [0.1, 0.15) is 29.8 Å². The molecule has 1 aromatic carbocycles. The summed E-state index contributed by atoms with van der Waals surface area (Å²) in [5, 5.41) is 0.204. The summed E-state index contributed by atoms with van der Waals surface area (Å²) in [5.41, 5.74) is 2.60. The summed E-state index contributed by atoms with van der Waals surface area (Å²) in [6, 6.07) is 8.70. The van der Waals surface area contributed by atoms with E-state index in [2.05, 4.69) is 50.2 Å². The van der Waals surface area contributed by atoms with E-state index in [1.807, 2.05) is 4.90 Å². The number of hydrogen-bond acceptors (Lipinski definition) is 3. The molecular weight excluding hydrogens is 268 g/mol. The van der Waals surface area contributed by atoms with E-state index in [4.69, 9.17) is 0 Å². The van der Waals surface area contributed by atoms with Gasteiger partial charge in [0.25, 0.3) is 0 Å². The maximum Gasteiger partial charge on any atom is 0.233 e. The Morgan fingerprint density at radius 2 is 2.00 bits per heavy atom. The Morgan fingerprint density at radius 1 is 1.30 bits per heavy atom. The van der Waals surface area contributed by atoms with Crippen molar-refractivity contribution in [3.05, 3.63) is 35.4 Å². The molecule has 20 heavy (non-hydrogen) atoms. The molecule has 1 fully saturated rings. The van der Waals surface area contributed by atoms with Gasteiger partial charge in [0.05, 0.1) is 5.75 Å². The number of rotatable bonds is 6. The van der Waals surface area contributed by atoms with Crippen molar-refractivity contribution in [1.82, 2.24) is 9.80 Å². The zero-order valence-corrected chi connectivity index (χ0v) is 13.4. The lowest BCUT2D eigenvalue weighted by molar-refractivity contribution is -0.128. The Hall–Kier alpha value is -1.00. The minimum Gasteiger partial charge on any atom is -0.326 e. The predicted molar refractivity (Wildman–Crippen MR) is 85.9 cm³/mol. The molecule has 1 amide bonds. The van der Waals surface area contributed by atoms with E-state index in [0.29, 0.717) is 5.75 Å². The van der Waals surface area contributed by atoms with Gasteiger partial charge in [0.15, 0.2) is 0 Å². The van der Waals surface area contributed by atoms with Crippen molar-refractivity contribution in [3.63, 3.8) is 0 Å². The molecule has 4 heteroatoms. The number of carbonyl (C=O) groups excluding carboxylic acids is 1. The highest BCUT2D eigenvalue weighted by Gasteiger charge is 2.32. The fraction of sp³-hybridized carbons (Fsp3) is 0.562. The number of nitrogens with zero attached hydrogens (tertiary/aromatic N) is 2. The second kappa shape index (κ2) is 7.14. The Morgan fingerprint density at radius 3 is 2.60 bits per heavy atom. The fourth-order valence-corrected chi connectivity index (χ4v) is 3.67. The van der Waals surface area contributed by atoms with Gasteiger partial charge in [0, 0.05) is 6.54 Å². The SMILES string of the molecule is CCc1ccc(C2SCC(=O)N2CCCN(C)C)cc1. The van der Waals surface area contributed by atoms with Crippen LogP contribution >= 0.6 is 11.8 Å². The van der Waals surface area contributed by atoms with Crippen LogP contribution in [0.4, 0.5) is 0 Å². The molecule has 3 nitrogen and oxygen atoms in total. The number of amides is 1. The molecule has 0 N–H and O–H groups in total. The molecule has 1 aromatic rings. The molecular formula is C16H24N2OS. The van der Waals surface area contributed by atoms with E-state index < -0.39 is 0 Å². The van der Waals surface area contributed by atoms with Gasteiger partial charge in [-0.05, 0) is 44.6 Å². The van der Waals surface area contributed by atoms with Crippen LogP contribution in [0.5, 0.6) is 0 Å². The van der Waals surface area contributed by atoms with Gasteiger partial charge in [0.1, 0.15) is 5.37 Å². The number of carbonyl (C=O) groups is 1. The Bertz CT molecular complexity index is 444. The third kappa shape index (κ3) is 3.76. The highest BCUT2D eigenvalue weighted by molar-refractivity contribution is 8.00. The van der Waals surface area contributed by atoms with Crippen molar-refractivity contribution in [2.75, 3.05) is 32.9 Å². The molecule has 0 bridgehead atoms. The topological polar surface area (TPSA) is 23.6 Å². The van der Waals surface area contributed by atoms with Crippen molar-refractivity contribution < 1.29 is 4.79 Å². The van der Waals surface area contributed by atoms with Gasteiger partial charge in [0.2, 0.25) is 5.91 Å². The molecule has 110 valence electrons. The average molecular weight is 292 g/mol. The van der Waals surface area contributed by atoms with Crippen LogP contribution in [0.15, 0.2) is 24.3 Å². The molecule has 1 saturated heterocycles. The molecule has 1 heterocycles. The maximum atomic E-state index is 12.0. The molecule has 2 rings (SSSR count). The third-order valence-corrected chi connectivity index (χ3v) is 4.90. The van der Waals surface area contributed by atoms with Crippen LogP contribution in [0, 0.1) is 0 Å². The van der Waals surface area contributed by atoms with Crippen LogP contribution in [-0.2, 0) is 11.2 Å². The Labute approximate surface area is 126 Å². The molecule has 0 radical (unpaired) electrons. The summed E-state index contributed by atoms with van der Waals surface area (Å²) >= 11 is 1.75. The number of hydrogen-bond donors (Lipinski definition) is 0. The monoisotopic (exact) mass is 292 g/mol. The summed E-state index contributed by atoms with van der Waals surface area (Å²) in [6.07, 6.45) is 2.09. The van der Waals surface area contributed by atoms with Gasteiger partial charge in [-0.1, -0.05) is 31.2 Å². The normalized spacial score (nSPS) is 19.1. The molecule has 0 aromatic heterocycles. The molecule has 0 saturated carbocycles. The second-order valence-electron chi connectivity index (χ2n) is 5.50. The van der Waals surface area contributed by atoms with Crippen molar-refractivity contribution >= 4 is 17.7 Å². The Balaban J connectivity index is 2.02. The lowest BCUT2D eigenvalue weighted by Crippen LogP contribution is -2.31. The van der Waals surface area contributed by atoms with Crippen LogP contribution < -0.4 is 0 Å². The zero-order chi connectivity index (χ0) is 14.5. The molecule has 0 aliphatic carbocycles. The molecule has 1 aliphatic rings. The molecule has 0 spiro atoms. The van der Waals surface area contributed by atoms with Gasteiger partial charge in [-0.15, -0.1) is 11.8 Å². The lowest BCUT2D eigenvalue weighted by Gasteiger charge is -2.25. The standard InChI is InChI=1S/C16H24N2OS/c1-4-13-6-8-14(9-7-13)16-18(15(19)12-20-16)11-5-10-17(2)3/h6-9,16H,4-5,10-12H2,1-3H3. The van der Waals surface area contributed by atoms with Gasteiger partial charge in [-0.2, -0.15) is 0 Å². The highest BCUT2D eigenvalue weighted by atomic mass is 32.2. The third-order valence-electron chi connectivity index (χ3n) is 3.65. The van der Waals surface area contributed by atoms with E-state index in [1.54, 1.807) is 11.8 Å². The van der Waals surface area contributed by atoms with Crippen molar-refractivity contribution in [3.8, 4) is 0 Å². The minimum atomic E-state index is 0.204. The summed E-state index contributed by atoms with van der Waals surface area (Å²) in [5.74, 6) is 0.889. The van der Waals surface area contributed by atoms with E-state index >= 15 is 0 Å². The number of benzene rings is 1. The second-order valence-corrected chi connectivity index (χ2v) is 6.57. The predicted octanol–water partition coefficient (Wildman–Crippen LogP) is 2.77. The maximum absolute atomic E-state index is 12.0. The quantitative estimate of drug-likeness (QED) is 0.805. The summed E-state index contributed by atoms with van der Waals surface area (Å²) < 4.78 is 0. The van der Waals surface area contributed by atoms with Crippen molar-refractivity contribution in [1.29, 1.82) is 0 Å². The average Bonchev–Trinajstić information content (AvgIpc) is 2.80. The highest BCUT2D eigenvalue weighted by Crippen LogP contribution is 2.38. The first kappa shape index (κ1) is 15.4. The van der Waals surface area contributed by atoms with E-state index in [0.717, 1.165) is 25.9 Å². The smallest absolute Gasteiger partial charge is 0.233 e. The molecule has 1 aliphatic heterocycles. The van der Waals surface area contributed by atoms with E-state index in [-0.39, 0.29) is 11.3 Å². The summed E-state index contributed by atoms with van der Waals surface area (Å²) in [6.45, 7) is 4.04. The van der Waals surface area contributed by atoms with E-state index in [9.17, 15) is 4.79 Å². The van der Waals surface area contributed by atoms with Crippen molar-refractivity contribution in [2.45, 2.75) is 25.1 Å². The van der Waals surface area contributed by atoms with Gasteiger partial charge in [-0.3, -0.25) is 4.79 Å². The number of aryl methyl sites for hydroxylation is 1. The zero-order valence-electron chi connectivity index (χ0n) is 12.6. The van der Waals surface area contributed by atoms with Gasteiger partial charge < -0.3 is 9.80 Å². The molecule has 1 unspecified atom stereocenters. The fourth-order valence-electron chi connectivity index (χ4n) is 2.45. The Kier molecular flexibility index (Phi) is 5.49. The van der Waals surface area contributed by atoms with Crippen LogP contribution in [0.25, 0.3) is 0 Å².